The molecule has 3 heteroatoms. The molecule has 4 atom stereocenters. The van der Waals surface area contributed by atoms with E-state index in [1.807, 2.05) is 7.11 Å². The molecule has 1 aliphatic rings. The molecule has 1 aliphatic heterocycles. The van der Waals surface area contributed by atoms with Crippen LogP contribution in [0.1, 0.15) is 334 Å². The van der Waals surface area contributed by atoms with Crippen LogP contribution in [-0.4, -0.2) is 31.1 Å². The fraction of sp³-hybridized carbons (Fsp3) is 0.565. The van der Waals surface area contributed by atoms with Crippen LogP contribution < -0.4 is 9.64 Å². The van der Waals surface area contributed by atoms with Crippen LogP contribution in [-0.2, 0) is 43.3 Å². The SMILES string of the molecule is COc1c(C(C)(C)C)cc([C@@H](C)c2cc(C)cc([C@H](C)c3cc(C(C)(C)C)c(C)c(C(C)(C)C)c3)c2[N+]2=CN(c3c([C@H](C)c4cc(C(C)(C)C)c(C)c(C(C)(C)C)c4)cc(C)cc3[C@H](C)c3cc(C(C)(C)C)c(C)c(C(C)(C)C)c3)CC2)cc1C(C)(C)C. The zero-order chi connectivity index (χ0) is 66.6. The maximum absolute atomic E-state index is 6.41. The zero-order valence-electron chi connectivity index (χ0n) is 62.5. The van der Waals surface area contributed by atoms with Crippen molar-refractivity contribution >= 4 is 17.7 Å². The molecule has 0 saturated heterocycles. The quantitative estimate of drug-likeness (QED) is 0.120. The van der Waals surface area contributed by atoms with Gasteiger partial charge in [-0.25, -0.2) is 9.48 Å². The summed E-state index contributed by atoms with van der Waals surface area (Å²) in [6.45, 7) is 80.5. The van der Waals surface area contributed by atoms with E-state index in [1.54, 1.807) is 0 Å². The van der Waals surface area contributed by atoms with Gasteiger partial charge in [0, 0.05) is 57.1 Å². The molecule has 0 spiro atoms. The van der Waals surface area contributed by atoms with Gasteiger partial charge in [-0.1, -0.05) is 278 Å². The average Bonchev–Trinajstić information content (AvgIpc) is 1.19. The van der Waals surface area contributed by atoms with Crippen LogP contribution >= 0.6 is 0 Å². The Morgan fingerprint density at radius 3 is 0.807 bits per heavy atom. The van der Waals surface area contributed by atoms with Crippen molar-refractivity contribution in [2.45, 2.75) is 295 Å². The minimum absolute atomic E-state index is 0.0213. The van der Waals surface area contributed by atoms with Gasteiger partial charge >= 0.3 is 0 Å². The molecule has 6 aromatic carbocycles. The van der Waals surface area contributed by atoms with Gasteiger partial charge in [-0.15, -0.1) is 0 Å². The lowest BCUT2D eigenvalue weighted by Gasteiger charge is -2.32. The van der Waals surface area contributed by atoms with Crippen molar-refractivity contribution in [3.63, 3.8) is 0 Å². The lowest BCUT2D eigenvalue weighted by atomic mass is 9.73. The Balaban J connectivity index is 1.63. The van der Waals surface area contributed by atoms with Crippen molar-refractivity contribution in [3.05, 3.63) is 190 Å². The van der Waals surface area contributed by atoms with E-state index in [0.717, 1.165) is 18.8 Å². The molecule has 3 nitrogen and oxygen atoms in total. The van der Waals surface area contributed by atoms with Crippen LogP contribution in [0, 0.1) is 34.6 Å². The Morgan fingerprint density at radius 1 is 0.341 bits per heavy atom. The number of rotatable bonds is 11. The Labute approximate surface area is 540 Å². The summed E-state index contributed by atoms with van der Waals surface area (Å²) >= 11 is 0. The Kier molecular flexibility index (Phi) is 19.1. The highest BCUT2D eigenvalue weighted by Gasteiger charge is 2.39. The van der Waals surface area contributed by atoms with Crippen LogP contribution in [0.3, 0.4) is 0 Å². The molecule has 478 valence electrons. The molecule has 0 unspecified atom stereocenters. The predicted molar refractivity (Wildman–Crippen MR) is 387 cm³/mol. The normalized spacial score (nSPS) is 15.6. The third kappa shape index (κ3) is 14.2. The number of hydrogen-bond acceptors (Lipinski definition) is 2. The number of nitrogens with zero attached hydrogens (tertiary/aromatic N) is 2. The fourth-order valence-corrected chi connectivity index (χ4v) is 15.1. The molecule has 0 aliphatic carbocycles. The minimum Gasteiger partial charge on any atom is -0.496 e. The van der Waals surface area contributed by atoms with Gasteiger partial charge in [0.15, 0.2) is 0 Å². The number of hydrogen-bond donors (Lipinski definition) is 0. The van der Waals surface area contributed by atoms with Gasteiger partial charge < -0.3 is 4.74 Å². The second kappa shape index (κ2) is 24.0. The standard InChI is InChI=1S/C85H123N2O/c1-50-37-63(52(3)59-41-67(78(10,11)12)56(7)68(42-59)79(13,14)15)75(64(38-50)53(4)60-43-69(80(16,17)18)57(8)70(44-60)81(19,20)21)86-35-36-87(49-86)76-65(54(5)61-45-71(82(22,23)24)58(9)72(46-61)83(25,26)27)39-51(2)40-66(76)55(6)62-47-73(84(28,29)30)77(88-34)74(48-62)85(31,32)33/h37-49,52-55H,35-36H2,1-34H3/q+1/t52-,53-,54-,55-/m1/s1. The summed E-state index contributed by atoms with van der Waals surface area (Å²) in [4.78, 5) is 2.69. The lowest BCUT2D eigenvalue weighted by Crippen LogP contribution is -2.24. The highest BCUT2D eigenvalue weighted by atomic mass is 16.5. The minimum atomic E-state index is -0.138. The molecule has 88 heavy (non-hydrogen) atoms. The summed E-state index contributed by atoms with van der Waals surface area (Å²) in [5.74, 6) is 1.37. The molecule has 0 fully saturated rings. The lowest BCUT2D eigenvalue weighted by molar-refractivity contribution is -0.425. The van der Waals surface area contributed by atoms with E-state index in [0.29, 0.717) is 0 Å². The monoisotopic (exact) mass is 1190 g/mol. The van der Waals surface area contributed by atoms with E-state index in [1.165, 1.54) is 128 Å². The first-order valence-corrected chi connectivity index (χ1v) is 33.8. The molecular weight excluding hydrogens is 1060 g/mol. The van der Waals surface area contributed by atoms with Crippen molar-refractivity contribution in [2.75, 3.05) is 25.1 Å². The number of anilines is 1. The highest BCUT2D eigenvalue weighted by molar-refractivity contribution is 5.84. The summed E-state index contributed by atoms with van der Waals surface area (Å²) in [6.07, 6.45) is 2.55. The molecular formula is C85H123N2O+. The molecule has 6 aromatic rings. The number of methoxy groups -OCH3 is 1. The third-order valence-electron chi connectivity index (χ3n) is 20.0. The van der Waals surface area contributed by atoms with E-state index in [4.69, 9.17) is 4.74 Å². The van der Waals surface area contributed by atoms with Crippen LogP contribution in [0.4, 0.5) is 11.4 Å². The second-order valence-corrected chi connectivity index (χ2v) is 35.8. The fourth-order valence-electron chi connectivity index (χ4n) is 15.1. The van der Waals surface area contributed by atoms with Crippen molar-refractivity contribution < 1.29 is 9.31 Å². The molecule has 0 radical (unpaired) electrons. The summed E-state index contributed by atoms with van der Waals surface area (Å²) in [6, 6.07) is 30.5. The van der Waals surface area contributed by atoms with E-state index in [9.17, 15) is 0 Å². The molecule has 7 rings (SSSR count). The van der Waals surface area contributed by atoms with Gasteiger partial charge in [-0.05, 0) is 150 Å². The van der Waals surface area contributed by atoms with Crippen LogP contribution in [0.25, 0.3) is 0 Å². The molecule has 0 saturated carbocycles. The van der Waals surface area contributed by atoms with Crippen molar-refractivity contribution in [1.29, 1.82) is 0 Å². The van der Waals surface area contributed by atoms with E-state index in [-0.39, 0.29) is 67.0 Å². The summed E-state index contributed by atoms with van der Waals surface area (Å²) < 4.78 is 9.10. The van der Waals surface area contributed by atoms with Crippen molar-refractivity contribution in [1.82, 2.24) is 0 Å². The van der Waals surface area contributed by atoms with Gasteiger partial charge in [0.2, 0.25) is 6.34 Å². The Hall–Kier alpha value is -5.41. The maximum Gasteiger partial charge on any atom is 0.244 e. The molecule has 0 amide bonds. The van der Waals surface area contributed by atoms with Gasteiger partial charge in [-0.2, -0.15) is 0 Å². The summed E-state index contributed by atoms with van der Waals surface area (Å²) in [5, 5.41) is 0. The number of aryl methyl sites for hydroxylation is 2. The van der Waals surface area contributed by atoms with Gasteiger partial charge in [-0.3, -0.25) is 0 Å². The molecule has 1 heterocycles. The van der Waals surface area contributed by atoms with Crippen LogP contribution in [0.5, 0.6) is 5.75 Å². The second-order valence-electron chi connectivity index (χ2n) is 35.8. The topological polar surface area (TPSA) is 15.5 Å². The van der Waals surface area contributed by atoms with Gasteiger partial charge in [0.05, 0.1) is 7.11 Å². The Bertz CT molecular complexity index is 3380. The molecule has 0 N–H and O–H groups in total. The summed E-state index contributed by atoms with van der Waals surface area (Å²) in [5.41, 5.74) is 31.3. The van der Waals surface area contributed by atoms with Crippen LogP contribution in [0.15, 0.2) is 72.8 Å². The van der Waals surface area contributed by atoms with Crippen molar-refractivity contribution in [2.24, 2.45) is 0 Å². The van der Waals surface area contributed by atoms with E-state index < -0.39 is 0 Å². The van der Waals surface area contributed by atoms with Gasteiger partial charge in [0.25, 0.3) is 0 Å². The largest absolute Gasteiger partial charge is 0.496 e. The van der Waals surface area contributed by atoms with Crippen LogP contribution in [0.2, 0.25) is 0 Å². The van der Waals surface area contributed by atoms with Gasteiger partial charge in [0.1, 0.15) is 30.2 Å². The number of ether oxygens (including phenoxy) is 1. The summed E-state index contributed by atoms with van der Waals surface area (Å²) in [7, 11) is 1.86. The van der Waals surface area contributed by atoms with E-state index >= 15 is 0 Å². The van der Waals surface area contributed by atoms with E-state index in [2.05, 4.69) is 317 Å². The zero-order valence-corrected chi connectivity index (χ0v) is 62.5. The molecule has 0 aromatic heterocycles. The Morgan fingerprint density at radius 2 is 0.568 bits per heavy atom. The highest BCUT2D eigenvalue weighted by Crippen LogP contribution is 2.50. The maximum atomic E-state index is 6.41. The smallest absolute Gasteiger partial charge is 0.244 e. The number of benzene rings is 6. The first-order chi connectivity index (χ1) is 39.9. The van der Waals surface area contributed by atoms with Crippen molar-refractivity contribution in [3.8, 4) is 5.75 Å². The predicted octanol–water partition coefficient (Wildman–Crippen LogP) is 23.4. The molecule has 0 bridgehead atoms. The first kappa shape index (κ1) is 70.1. The average molecular weight is 1190 g/mol. The third-order valence-corrected chi connectivity index (χ3v) is 20.0. The first-order valence-electron chi connectivity index (χ1n) is 33.8.